The first-order chi connectivity index (χ1) is 8.83. The molecular formula is C16H29NS. The van der Waals surface area contributed by atoms with E-state index in [1.165, 1.54) is 77.3 Å². The molecule has 1 saturated heterocycles. The van der Waals surface area contributed by atoms with Crippen molar-refractivity contribution < 1.29 is 0 Å². The van der Waals surface area contributed by atoms with Crippen LogP contribution in [0.5, 0.6) is 0 Å². The summed E-state index contributed by atoms with van der Waals surface area (Å²) in [6, 6.07) is 0.935. The molecule has 3 fully saturated rings. The van der Waals surface area contributed by atoms with Gasteiger partial charge in [0.2, 0.25) is 0 Å². The molecular weight excluding hydrogens is 238 g/mol. The van der Waals surface area contributed by atoms with E-state index >= 15 is 0 Å². The van der Waals surface area contributed by atoms with Crippen molar-refractivity contribution in [3.05, 3.63) is 0 Å². The predicted molar refractivity (Wildman–Crippen MR) is 81.3 cm³/mol. The van der Waals surface area contributed by atoms with Crippen molar-refractivity contribution in [2.45, 2.75) is 70.3 Å². The van der Waals surface area contributed by atoms with Gasteiger partial charge in [-0.2, -0.15) is 12.6 Å². The van der Waals surface area contributed by atoms with Gasteiger partial charge in [0.25, 0.3) is 0 Å². The average Bonchev–Trinajstić information content (AvgIpc) is 2.88. The number of hydrogen-bond donors (Lipinski definition) is 1. The molecule has 0 amide bonds. The lowest BCUT2D eigenvalue weighted by Crippen LogP contribution is -2.50. The number of likely N-dealkylation sites (tertiary alicyclic amines) is 1. The van der Waals surface area contributed by atoms with E-state index in [2.05, 4.69) is 4.90 Å². The molecule has 0 N–H and O–H groups in total. The van der Waals surface area contributed by atoms with Crippen molar-refractivity contribution in [3.8, 4) is 0 Å². The summed E-state index contributed by atoms with van der Waals surface area (Å²) in [6.07, 6.45) is 14.7. The van der Waals surface area contributed by atoms with Crippen LogP contribution in [0, 0.1) is 11.3 Å². The predicted octanol–water partition coefficient (Wildman–Crippen LogP) is 4.13. The van der Waals surface area contributed by atoms with Gasteiger partial charge in [-0.1, -0.05) is 25.7 Å². The van der Waals surface area contributed by atoms with Crippen LogP contribution in [0.3, 0.4) is 0 Å². The van der Waals surface area contributed by atoms with Gasteiger partial charge in [-0.05, 0) is 62.2 Å². The second-order valence-corrected chi connectivity index (χ2v) is 7.41. The quantitative estimate of drug-likeness (QED) is 0.753. The summed E-state index contributed by atoms with van der Waals surface area (Å²) in [5, 5.41) is 0. The Balaban J connectivity index is 1.66. The Hall–Kier alpha value is 0.310. The van der Waals surface area contributed by atoms with Crippen molar-refractivity contribution in [2.75, 3.05) is 18.8 Å². The van der Waals surface area contributed by atoms with Crippen LogP contribution in [-0.2, 0) is 0 Å². The van der Waals surface area contributed by atoms with Crippen molar-refractivity contribution >= 4 is 12.6 Å². The molecule has 2 heteroatoms. The minimum atomic E-state index is 0.572. The van der Waals surface area contributed by atoms with E-state index in [0.29, 0.717) is 5.41 Å². The zero-order chi connectivity index (χ0) is 12.4. The van der Waals surface area contributed by atoms with E-state index in [-0.39, 0.29) is 0 Å². The number of piperidine rings is 1. The normalized spacial score (nSPS) is 36.5. The van der Waals surface area contributed by atoms with Gasteiger partial charge < -0.3 is 0 Å². The second-order valence-electron chi connectivity index (χ2n) is 7.09. The Bertz CT molecular complexity index is 270. The minimum Gasteiger partial charge on any atom is -0.300 e. The Kier molecular flexibility index (Phi) is 4.25. The molecule has 2 atom stereocenters. The first kappa shape index (κ1) is 13.3. The third-order valence-corrected chi connectivity index (χ3v) is 6.57. The molecule has 0 unspecified atom stereocenters. The highest BCUT2D eigenvalue weighted by Crippen LogP contribution is 2.43. The fourth-order valence-corrected chi connectivity index (χ4v) is 5.26. The molecule has 0 spiro atoms. The molecule has 1 nitrogen and oxygen atoms in total. The molecule has 18 heavy (non-hydrogen) atoms. The van der Waals surface area contributed by atoms with Crippen molar-refractivity contribution in [3.63, 3.8) is 0 Å². The number of fused-ring (bicyclic) bond motifs is 1. The molecule has 1 aliphatic heterocycles. The molecule has 3 aliphatic rings. The average molecular weight is 267 g/mol. The second kappa shape index (κ2) is 5.75. The molecule has 3 rings (SSSR count). The van der Waals surface area contributed by atoms with Crippen LogP contribution in [0.1, 0.15) is 64.2 Å². The van der Waals surface area contributed by atoms with Crippen LogP contribution in [-0.4, -0.2) is 29.8 Å². The molecule has 1 heterocycles. The highest BCUT2D eigenvalue weighted by atomic mass is 32.1. The van der Waals surface area contributed by atoms with Gasteiger partial charge >= 0.3 is 0 Å². The van der Waals surface area contributed by atoms with Crippen LogP contribution in [0.15, 0.2) is 0 Å². The number of rotatable bonds is 3. The molecule has 0 aromatic heterocycles. The maximum Gasteiger partial charge on any atom is 0.0124 e. The van der Waals surface area contributed by atoms with E-state index in [1.54, 1.807) is 0 Å². The van der Waals surface area contributed by atoms with Gasteiger partial charge in [0.1, 0.15) is 0 Å². The van der Waals surface area contributed by atoms with Crippen molar-refractivity contribution in [2.24, 2.45) is 11.3 Å². The fraction of sp³-hybridized carbons (Fsp3) is 1.00. The largest absolute Gasteiger partial charge is 0.300 e. The summed E-state index contributed by atoms with van der Waals surface area (Å²) in [7, 11) is 0. The standard InChI is InChI=1S/C16H29NS/c18-13-16(9-3-4-10-16)12-17-11-5-7-14-6-1-2-8-15(14)17/h14-15,18H,1-13H2/t14-,15-/m1/s1. The van der Waals surface area contributed by atoms with Crippen LogP contribution >= 0.6 is 12.6 Å². The molecule has 0 radical (unpaired) electrons. The van der Waals surface area contributed by atoms with Crippen LogP contribution in [0.4, 0.5) is 0 Å². The number of hydrogen-bond acceptors (Lipinski definition) is 2. The van der Waals surface area contributed by atoms with Crippen LogP contribution in [0.25, 0.3) is 0 Å². The van der Waals surface area contributed by atoms with Crippen molar-refractivity contribution in [1.82, 2.24) is 4.90 Å². The van der Waals surface area contributed by atoms with Gasteiger partial charge in [0, 0.05) is 12.6 Å². The maximum absolute atomic E-state index is 4.69. The van der Waals surface area contributed by atoms with Crippen LogP contribution < -0.4 is 0 Å². The van der Waals surface area contributed by atoms with Gasteiger partial charge in [0.05, 0.1) is 0 Å². The minimum absolute atomic E-state index is 0.572. The summed E-state index contributed by atoms with van der Waals surface area (Å²) in [5.74, 6) is 2.15. The molecule has 0 aromatic rings. The Morgan fingerprint density at radius 1 is 0.944 bits per heavy atom. The van der Waals surface area contributed by atoms with Crippen molar-refractivity contribution in [1.29, 1.82) is 0 Å². The van der Waals surface area contributed by atoms with E-state index in [4.69, 9.17) is 12.6 Å². The molecule has 104 valence electrons. The fourth-order valence-electron chi connectivity index (χ4n) is 4.85. The first-order valence-electron chi connectivity index (χ1n) is 8.18. The smallest absolute Gasteiger partial charge is 0.0124 e. The van der Waals surface area contributed by atoms with E-state index in [9.17, 15) is 0 Å². The van der Waals surface area contributed by atoms with Gasteiger partial charge in [-0.15, -0.1) is 0 Å². The summed E-state index contributed by atoms with van der Waals surface area (Å²) < 4.78 is 0. The Morgan fingerprint density at radius 2 is 1.67 bits per heavy atom. The zero-order valence-corrected chi connectivity index (χ0v) is 12.6. The van der Waals surface area contributed by atoms with E-state index in [0.717, 1.165) is 17.7 Å². The monoisotopic (exact) mass is 267 g/mol. The Morgan fingerprint density at radius 3 is 2.44 bits per heavy atom. The SMILES string of the molecule is SCC1(CN2CCC[C@H]3CCCC[C@H]32)CCCC1. The van der Waals surface area contributed by atoms with E-state index < -0.39 is 0 Å². The lowest BCUT2D eigenvalue weighted by Gasteiger charge is -2.47. The molecule has 2 aliphatic carbocycles. The number of thiol groups is 1. The third-order valence-electron chi connectivity index (χ3n) is 5.90. The summed E-state index contributed by atoms with van der Waals surface area (Å²) in [5.41, 5.74) is 0.572. The molecule has 0 bridgehead atoms. The lowest BCUT2D eigenvalue weighted by atomic mass is 9.77. The summed E-state index contributed by atoms with van der Waals surface area (Å²) >= 11 is 4.69. The van der Waals surface area contributed by atoms with Crippen LogP contribution in [0.2, 0.25) is 0 Å². The summed E-state index contributed by atoms with van der Waals surface area (Å²) in [4.78, 5) is 2.88. The van der Waals surface area contributed by atoms with Gasteiger partial charge in [-0.25, -0.2) is 0 Å². The lowest BCUT2D eigenvalue weighted by molar-refractivity contribution is 0.0305. The summed E-state index contributed by atoms with van der Waals surface area (Å²) in [6.45, 7) is 2.73. The first-order valence-corrected chi connectivity index (χ1v) is 8.81. The zero-order valence-electron chi connectivity index (χ0n) is 11.7. The van der Waals surface area contributed by atoms with Gasteiger partial charge in [-0.3, -0.25) is 4.90 Å². The molecule has 2 saturated carbocycles. The topological polar surface area (TPSA) is 3.24 Å². The number of nitrogens with zero attached hydrogens (tertiary/aromatic N) is 1. The Labute approximate surface area is 118 Å². The van der Waals surface area contributed by atoms with Gasteiger partial charge in [0.15, 0.2) is 0 Å². The van der Waals surface area contributed by atoms with E-state index in [1.807, 2.05) is 0 Å². The maximum atomic E-state index is 4.69. The molecule has 0 aromatic carbocycles. The highest BCUT2D eigenvalue weighted by molar-refractivity contribution is 7.80. The highest BCUT2D eigenvalue weighted by Gasteiger charge is 2.39. The third kappa shape index (κ3) is 2.60.